The van der Waals surface area contributed by atoms with Gasteiger partial charge in [-0.25, -0.2) is 0 Å². The van der Waals surface area contributed by atoms with Gasteiger partial charge in [-0.3, -0.25) is 0 Å². The van der Waals surface area contributed by atoms with Gasteiger partial charge >= 0.3 is 0 Å². The van der Waals surface area contributed by atoms with Crippen molar-refractivity contribution in [2.45, 2.75) is 12.8 Å². The van der Waals surface area contributed by atoms with Gasteiger partial charge in [0.25, 0.3) is 0 Å². The number of hydrogen-bond acceptors (Lipinski definition) is 0. The van der Waals surface area contributed by atoms with Crippen molar-refractivity contribution in [3.63, 3.8) is 0 Å². The van der Waals surface area contributed by atoms with Crippen LogP contribution in [0.5, 0.6) is 0 Å². The zero-order chi connectivity index (χ0) is 30.2. The summed E-state index contributed by atoms with van der Waals surface area (Å²) in [5.41, 5.74) is 13.1. The molecule has 0 spiro atoms. The summed E-state index contributed by atoms with van der Waals surface area (Å²) in [7, 11) is 0. The first-order valence-corrected chi connectivity index (χ1v) is 16.3. The van der Waals surface area contributed by atoms with E-state index in [2.05, 4.69) is 158 Å². The van der Waals surface area contributed by atoms with Crippen LogP contribution in [0.2, 0.25) is 0 Å². The van der Waals surface area contributed by atoms with Crippen LogP contribution in [0.25, 0.3) is 87.6 Å². The number of benzene rings is 9. The van der Waals surface area contributed by atoms with Gasteiger partial charge in [0, 0.05) is 0 Å². The molecule has 0 aliphatic heterocycles. The Morgan fingerprint density at radius 1 is 0.283 bits per heavy atom. The number of hydrogen-bond donors (Lipinski definition) is 0. The average Bonchev–Trinajstić information content (AvgIpc) is 3.55. The quantitative estimate of drug-likeness (QED) is 0.181. The summed E-state index contributed by atoms with van der Waals surface area (Å²) in [6.45, 7) is 0. The SMILES string of the molecule is c1cc(-c2ccc(-c3ccc(-c4ccc5ccc6cccc7ccc4c5c67)cc3)cc2)cc(-c2ccc3c4c(cccc24)CC3)c1. The first kappa shape index (κ1) is 25.6. The second-order valence-corrected chi connectivity index (χ2v) is 12.8. The summed E-state index contributed by atoms with van der Waals surface area (Å²) < 4.78 is 0. The van der Waals surface area contributed by atoms with E-state index in [-0.39, 0.29) is 0 Å². The molecule has 0 atom stereocenters. The van der Waals surface area contributed by atoms with E-state index in [1.807, 2.05) is 0 Å². The molecule has 0 radical (unpaired) electrons. The van der Waals surface area contributed by atoms with Crippen LogP contribution in [0.4, 0.5) is 0 Å². The van der Waals surface area contributed by atoms with Gasteiger partial charge < -0.3 is 0 Å². The fraction of sp³-hybridized carbons (Fsp3) is 0.0435. The average molecular weight is 583 g/mol. The first-order chi connectivity index (χ1) is 22.8. The molecule has 0 fully saturated rings. The third-order valence-corrected chi connectivity index (χ3v) is 10.3. The molecule has 0 N–H and O–H groups in total. The monoisotopic (exact) mass is 582 g/mol. The van der Waals surface area contributed by atoms with Crippen LogP contribution in [0.15, 0.2) is 158 Å². The highest BCUT2D eigenvalue weighted by atomic mass is 14.2. The molecule has 10 rings (SSSR count). The van der Waals surface area contributed by atoms with E-state index in [0.29, 0.717) is 0 Å². The highest BCUT2D eigenvalue weighted by Crippen LogP contribution is 2.41. The normalized spacial score (nSPS) is 12.6. The zero-order valence-electron chi connectivity index (χ0n) is 25.4. The molecule has 1 aliphatic carbocycles. The lowest BCUT2D eigenvalue weighted by atomic mass is 9.89. The molecule has 0 saturated carbocycles. The third-order valence-electron chi connectivity index (χ3n) is 10.3. The molecule has 0 heteroatoms. The Labute approximate surface area is 268 Å². The smallest absolute Gasteiger partial charge is 0.00206 e. The molecule has 9 aromatic rings. The van der Waals surface area contributed by atoms with E-state index >= 15 is 0 Å². The van der Waals surface area contributed by atoms with E-state index in [1.165, 1.54) is 98.7 Å². The van der Waals surface area contributed by atoms with Gasteiger partial charge in [0.15, 0.2) is 0 Å². The minimum atomic E-state index is 1.16. The summed E-state index contributed by atoms with van der Waals surface area (Å²) in [6, 6.07) is 58.8. The molecule has 1 aliphatic rings. The van der Waals surface area contributed by atoms with Crippen molar-refractivity contribution < 1.29 is 0 Å². The van der Waals surface area contributed by atoms with Crippen LogP contribution in [-0.2, 0) is 12.8 Å². The topological polar surface area (TPSA) is 0 Å². The van der Waals surface area contributed by atoms with Crippen molar-refractivity contribution >= 4 is 43.1 Å². The lowest BCUT2D eigenvalue weighted by molar-refractivity contribution is 1.02. The minimum absolute atomic E-state index is 1.16. The standard InChI is InChI=1S/C46H30/c1-4-34-19-21-37-23-25-40(43-27-24-35(5-1)45(34)46(37)43)32-16-14-30(15-17-32)29-10-12-31(13-11-29)38-7-2-8-39(28-38)41-26-22-36-20-18-33-6-3-9-42(41)44(33)36/h1-17,19,21-28H,18,20H2. The van der Waals surface area contributed by atoms with E-state index in [9.17, 15) is 0 Å². The Bertz CT molecular complexity index is 2580. The van der Waals surface area contributed by atoms with Crippen molar-refractivity contribution in [3.8, 4) is 44.5 Å². The largest absolute Gasteiger partial charge is 0.0613 e. The summed E-state index contributed by atoms with van der Waals surface area (Å²) in [6.07, 6.45) is 2.32. The molecule has 0 bridgehead atoms. The molecular formula is C46H30. The Balaban J connectivity index is 0.970. The van der Waals surface area contributed by atoms with Crippen molar-refractivity contribution in [1.82, 2.24) is 0 Å². The van der Waals surface area contributed by atoms with Crippen LogP contribution in [-0.4, -0.2) is 0 Å². The lowest BCUT2D eigenvalue weighted by Crippen LogP contribution is -1.87. The van der Waals surface area contributed by atoms with Crippen molar-refractivity contribution in [2.24, 2.45) is 0 Å². The first-order valence-electron chi connectivity index (χ1n) is 16.3. The predicted octanol–water partition coefficient (Wildman–Crippen LogP) is 12.5. The van der Waals surface area contributed by atoms with Crippen molar-refractivity contribution in [2.75, 3.05) is 0 Å². The molecule has 214 valence electrons. The Hall–Kier alpha value is -5.72. The molecule has 0 nitrogen and oxygen atoms in total. The fourth-order valence-electron chi connectivity index (χ4n) is 8.05. The van der Waals surface area contributed by atoms with Gasteiger partial charge in [-0.1, -0.05) is 152 Å². The number of rotatable bonds is 4. The maximum Gasteiger partial charge on any atom is -0.00206 e. The molecular weight excluding hydrogens is 553 g/mol. The van der Waals surface area contributed by atoms with Gasteiger partial charge in [0.2, 0.25) is 0 Å². The highest BCUT2D eigenvalue weighted by molar-refractivity contribution is 6.25. The fourth-order valence-corrected chi connectivity index (χ4v) is 8.05. The van der Waals surface area contributed by atoms with Gasteiger partial charge in [0.1, 0.15) is 0 Å². The van der Waals surface area contributed by atoms with Crippen LogP contribution in [0, 0.1) is 0 Å². The van der Waals surface area contributed by atoms with Crippen LogP contribution >= 0.6 is 0 Å². The van der Waals surface area contributed by atoms with Crippen molar-refractivity contribution in [3.05, 3.63) is 169 Å². The maximum absolute atomic E-state index is 2.35. The van der Waals surface area contributed by atoms with Crippen LogP contribution in [0.1, 0.15) is 11.1 Å². The van der Waals surface area contributed by atoms with Crippen LogP contribution in [0.3, 0.4) is 0 Å². The van der Waals surface area contributed by atoms with E-state index < -0.39 is 0 Å². The molecule has 0 unspecified atom stereocenters. The zero-order valence-corrected chi connectivity index (χ0v) is 25.4. The second-order valence-electron chi connectivity index (χ2n) is 12.8. The maximum atomic E-state index is 2.35. The highest BCUT2D eigenvalue weighted by Gasteiger charge is 2.17. The van der Waals surface area contributed by atoms with E-state index in [1.54, 1.807) is 0 Å². The van der Waals surface area contributed by atoms with Gasteiger partial charge in [-0.15, -0.1) is 0 Å². The second kappa shape index (κ2) is 9.89. The molecule has 0 heterocycles. The Kier molecular flexibility index (Phi) is 5.50. The van der Waals surface area contributed by atoms with E-state index in [0.717, 1.165) is 12.8 Å². The number of aryl methyl sites for hydroxylation is 2. The van der Waals surface area contributed by atoms with Gasteiger partial charge in [-0.2, -0.15) is 0 Å². The van der Waals surface area contributed by atoms with Gasteiger partial charge in [-0.05, 0) is 118 Å². The predicted molar refractivity (Wildman–Crippen MR) is 197 cm³/mol. The summed E-state index contributed by atoms with van der Waals surface area (Å²) in [4.78, 5) is 0. The summed E-state index contributed by atoms with van der Waals surface area (Å²) in [5.74, 6) is 0. The lowest BCUT2D eigenvalue weighted by Gasteiger charge is -2.14. The Morgan fingerprint density at radius 3 is 1.54 bits per heavy atom. The van der Waals surface area contributed by atoms with Gasteiger partial charge in [0.05, 0.1) is 0 Å². The Morgan fingerprint density at radius 2 is 0.783 bits per heavy atom. The molecule has 0 saturated heterocycles. The third kappa shape index (κ3) is 3.87. The van der Waals surface area contributed by atoms with Crippen molar-refractivity contribution in [1.29, 1.82) is 0 Å². The molecule has 0 amide bonds. The van der Waals surface area contributed by atoms with E-state index in [4.69, 9.17) is 0 Å². The summed E-state index contributed by atoms with van der Waals surface area (Å²) in [5, 5.41) is 10.8. The molecule has 9 aromatic carbocycles. The molecule has 46 heavy (non-hydrogen) atoms. The molecule has 0 aromatic heterocycles. The van der Waals surface area contributed by atoms with Crippen LogP contribution < -0.4 is 0 Å². The summed E-state index contributed by atoms with van der Waals surface area (Å²) >= 11 is 0. The minimum Gasteiger partial charge on any atom is -0.0613 e.